The number of nitrogen functional groups attached to an aromatic ring is 1. The Morgan fingerprint density at radius 1 is 1.47 bits per heavy atom. The van der Waals surface area contributed by atoms with Gasteiger partial charge in [0, 0.05) is 19.3 Å². The van der Waals surface area contributed by atoms with Crippen LogP contribution in [0.15, 0.2) is 23.1 Å². The Hall–Kier alpha value is -1.31. The fourth-order valence-corrected chi connectivity index (χ4v) is 2.47. The van der Waals surface area contributed by atoms with Gasteiger partial charge in [-0.25, -0.2) is 13.1 Å². The fourth-order valence-electron chi connectivity index (χ4n) is 1.64. The predicted molar refractivity (Wildman–Crippen MR) is 76.7 cm³/mol. The summed E-state index contributed by atoms with van der Waals surface area (Å²) in [5.41, 5.74) is 6.80. The van der Waals surface area contributed by atoms with Crippen molar-refractivity contribution in [2.75, 3.05) is 31.3 Å². The first-order chi connectivity index (χ1) is 8.77. The van der Waals surface area contributed by atoms with Gasteiger partial charge in [0.25, 0.3) is 0 Å². The van der Waals surface area contributed by atoms with Crippen molar-refractivity contribution < 1.29 is 13.5 Å². The number of nitrogens with zero attached hydrogens (tertiary/aromatic N) is 1. The largest absolute Gasteiger partial charge is 0.398 e. The summed E-state index contributed by atoms with van der Waals surface area (Å²) in [6.45, 7) is 2.39. The third kappa shape index (κ3) is 4.09. The van der Waals surface area contributed by atoms with Gasteiger partial charge < -0.3 is 15.7 Å². The average molecular weight is 287 g/mol. The third-order valence-electron chi connectivity index (χ3n) is 2.87. The standard InChI is InChI=1S/C12H21N3O3S/c1-9(16)6-7-15(3)10-4-5-12(11(13)8-10)19(17,18)14-2/h4-5,8-9,14,16H,6-7,13H2,1-3H3. The third-order valence-corrected chi connectivity index (χ3v) is 4.36. The molecule has 4 N–H and O–H groups in total. The summed E-state index contributed by atoms with van der Waals surface area (Å²) in [6.07, 6.45) is 0.260. The molecule has 0 amide bonds. The first-order valence-corrected chi connectivity index (χ1v) is 7.48. The quantitative estimate of drug-likeness (QED) is 0.658. The summed E-state index contributed by atoms with van der Waals surface area (Å²) in [6, 6.07) is 4.80. The van der Waals surface area contributed by atoms with Crippen molar-refractivity contribution in [3.63, 3.8) is 0 Å². The number of hydrogen-bond acceptors (Lipinski definition) is 5. The van der Waals surface area contributed by atoms with Crippen LogP contribution in [0.4, 0.5) is 11.4 Å². The van der Waals surface area contributed by atoms with Crippen molar-refractivity contribution in [1.82, 2.24) is 4.72 Å². The van der Waals surface area contributed by atoms with Crippen LogP contribution < -0.4 is 15.4 Å². The SMILES string of the molecule is CNS(=O)(=O)c1ccc(N(C)CCC(C)O)cc1N. The Balaban J connectivity index is 2.94. The molecule has 6 nitrogen and oxygen atoms in total. The summed E-state index contributed by atoms with van der Waals surface area (Å²) in [7, 11) is -0.321. The lowest BCUT2D eigenvalue weighted by Gasteiger charge is -2.21. The first-order valence-electron chi connectivity index (χ1n) is 6.00. The molecule has 0 aliphatic rings. The zero-order valence-electron chi connectivity index (χ0n) is 11.4. The van der Waals surface area contributed by atoms with Gasteiger partial charge >= 0.3 is 0 Å². The van der Waals surface area contributed by atoms with Crippen LogP contribution in [0, 0.1) is 0 Å². The minimum absolute atomic E-state index is 0.0719. The minimum Gasteiger partial charge on any atom is -0.398 e. The van der Waals surface area contributed by atoms with Crippen LogP contribution in [-0.4, -0.2) is 40.3 Å². The molecule has 19 heavy (non-hydrogen) atoms. The maximum Gasteiger partial charge on any atom is 0.242 e. The van der Waals surface area contributed by atoms with Gasteiger partial charge in [-0.2, -0.15) is 0 Å². The molecule has 108 valence electrons. The summed E-state index contributed by atoms with van der Waals surface area (Å²) in [4.78, 5) is 1.99. The minimum atomic E-state index is -3.53. The van der Waals surface area contributed by atoms with Gasteiger partial charge in [-0.05, 0) is 38.6 Å². The average Bonchev–Trinajstić information content (AvgIpc) is 2.35. The molecule has 1 atom stereocenters. The van der Waals surface area contributed by atoms with E-state index in [1.54, 1.807) is 19.1 Å². The molecule has 1 unspecified atom stereocenters. The lowest BCUT2D eigenvalue weighted by molar-refractivity contribution is 0.187. The van der Waals surface area contributed by atoms with Crippen LogP contribution in [0.1, 0.15) is 13.3 Å². The van der Waals surface area contributed by atoms with Crippen LogP contribution in [0.2, 0.25) is 0 Å². The van der Waals surface area contributed by atoms with E-state index in [1.165, 1.54) is 13.1 Å². The van der Waals surface area contributed by atoms with Gasteiger partial charge in [-0.15, -0.1) is 0 Å². The van der Waals surface area contributed by atoms with Crippen molar-refractivity contribution in [2.45, 2.75) is 24.3 Å². The summed E-state index contributed by atoms with van der Waals surface area (Å²) < 4.78 is 25.6. The summed E-state index contributed by atoms with van der Waals surface area (Å²) in [5.74, 6) is 0. The molecule has 0 saturated carbocycles. The van der Waals surface area contributed by atoms with E-state index in [0.29, 0.717) is 13.0 Å². The molecule has 0 spiro atoms. The molecule has 0 radical (unpaired) electrons. The number of aliphatic hydroxyl groups excluding tert-OH is 1. The lowest BCUT2D eigenvalue weighted by atomic mass is 10.2. The highest BCUT2D eigenvalue weighted by Gasteiger charge is 2.16. The van der Waals surface area contributed by atoms with Crippen molar-refractivity contribution in [2.24, 2.45) is 0 Å². The van der Waals surface area contributed by atoms with E-state index in [-0.39, 0.29) is 16.7 Å². The Morgan fingerprint density at radius 3 is 2.58 bits per heavy atom. The van der Waals surface area contributed by atoms with E-state index in [0.717, 1.165) is 5.69 Å². The molecule has 0 heterocycles. The molecule has 0 fully saturated rings. The Morgan fingerprint density at radius 2 is 2.11 bits per heavy atom. The van der Waals surface area contributed by atoms with Crippen LogP contribution in [-0.2, 0) is 10.0 Å². The van der Waals surface area contributed by atoms with Gasteiger partial charge in [-0.1, -0.05) is 0 Å². The van der Waals surface area contributed by atoms with E-state index in [2.05, 4.69) is 4.72 Å². The first kappa shape index (κ1) is 15.7. The second-order valence-electron chi connectivity index (χ2n) is 4.49. The van der Waals surface area contributed by atoms with E-state index >= 15 is 0 Å². The molecule has 7 heteroatoms. The monoisotopic (exact) mass is 287 g/mol. The van der Waals surface area contributed by atoms with Crippen molar-refractivity contribution >= 4 is 21.4 Å². The van der Waals surface area contributed by atoms with Crippen molar-refractivity contribution in [1.29, 1.82) is 0 Å². The zero-order chi connectivity index (χ0) is 14.6. The molecule has 0 saturated heterocycles. The van der Waals surface area contributed by atoms with Gasteiger partial charge in [0.1, 0.15) is 4.90 Å². The van der Waals surface area contributed by atoms with Crippen LogP contribution in [0.3, 0.4) is 0 Å². The van der Waals surface area contributed by atoms with E-state index in [1.807, 2.05) is 11.9 Å². The number of sulfonamides is 1. The highest BCUT2D eigenvalue weighted by molar-refractivity contribution is 7.89. The molecular formula is C12H21N3O3S. The number of nitrogens with two attached hydrogens (primary N) is 1. The maximum atomic E-state index is 11.7. The molecule has 1 rings (SSSR count). The Bertz CT molecular complexity index is 529. The zero-order valence-corrected chi connectivity index (χ0v) is 12.2. The topological polar surface area (TPSA) is 95.7 Å². The lowest BCUT2D eigenvalue weighted by Crippen LogP contribution is -2.23. The number of rotatable bonds is 6. The number of nitrogens with one attached hydrogen (secondary N) is 1. The highest BCUT2D eigenvalue weighted by atomic mass is 32.2. The number of aliphatic hydroxyl groups is 1. The van der Waals surface area contributed by atoms with E-state index in [4.69, 9.17) is 5.73 Å². The second-order valence-corrected chi connectivity index (χ2v) is 6.34. The normalized spacial score (nSPS) is 13.3. The molecule has 0 aromatic heterocycles. The smallest absolute Gasteiger partial charge is 0.242 e. The van der Waals surface area contributed by atoms with Crippen LogP contribution in [0.25, 0.3) is 0 Å². The van der Waals surface area contributed by atoms with Gasteiger partial charge in [0.15, 0.2) is 0 Å². The van der Waals surface area contributed by atoms with Crippen LogP contribution in [0.5, 0.6) is 0 Å². The number of anilines is 2. The predicted octanol–water partition coefficient (Wildman–Crippen LogP) is 0.384. The molecular weight excluding hydrogens is 266 g/mol. The fraction of sp³-hybridized carbons (Fsp3) is 0.500. The Kier molecular flexibility index (Phi) is 5.16. The second kappa shape index (κ2) is 6.23. The highest BCUT2D eigenvalue weighted by Crippen LogP contribution is 2.24. The summed E-state index contributed by atoms with van der Waals surface area (Å²) in [5, 5.41) is 9.25. The maximum absolute atomic E-state index is 11.7. The van der Waals surface area contributed by atoms with E-state index < -0.39 is 10.0 Å². The van der Waals surface area contributed by atoms with Crippen LogP contribution >= 0.6 is 0 Å². The summed E-state index contributed by atoms with van der Waals surface area (Å²) >= 11 is 0. The van der Waals surface area contributed by atoms with Gasteiger partial charge in [-0.3, -0.25) is 0 Å². The molecule has 0 aliphatic heterocycles. The molecule has 0 aliphatic carbocycles. The molecule has 1 aromatic carbocycles. The molecule has 1 aromatic rings. The van der Waals surface area contributed by atoms with E-state index in [9.17, 15) is 13.5 Å². The molecule has 0 bridgehead atoms. The number of hydrogen-bond donors (Lipinski definition) is 3. The number of benzene rings is 1. The van der Waals surface area contributed by atoms with Crippen molar-refractivity contribution in [3.05, 3.63) is 18.2 Å². The van der Waals surface area contributed by atoms with Gasteiger partial charge in [0.2, 0.25) is 10.0 Å². The van der Waals surface area contributed by atoms with Gasteiger partial charge in [0.05, 0.1) is 11.8 Å². The van der Waals surface area contributed by atoms with Crippen molar-refractivity contribution in [3.8, 4) is 0 Å². The Labute approximate surface area is 114 Å².